The van der Waals surface area contributed by atoms with Crippen LogP contribution in [0.5, 0.6) is 11.5 Å². The van der Waals surface area contributed by atoms with E-state index in [-0.39, 0.29) is 34.4 Å². The van der Waals surface area contributed by atoms with Crippen molar-refractivity contribution in [3.05, 3.63) is 75.0 Å². The Labute approximate surface area is 181 Å². The molecule has 1 amide bonds. The number of ether oxygens (including phenoxy) is 2. The van der Waals surface area contributed by atoms with Gasteiger partial charge in [0.15, 0.2) is 11.5 Å². The molecule has 1 aliphatic rings. The summed E-state index contributed by atoms with van der Waals surface area (Å²) in [6.07, 6.45) is 1.42. The van der Waals surface area contributed by atoms with Crippen LogP contribution in [0.3, 0.4) is 0 Å². The highest BCUT2D eigenvalue weighted by molar-refractivity contribution is 6.30. The summed E-state index contributed by atoms with van der Waals surface area (Å²) in [5.74, 6) is 1.54. The van der Waals surface area contributed by atoms with Crippen LogP contribution < -0.4 is 14.9 Å². The summed E-state index contributed by atoms with van der Waals surface area (Å²) in [5, 5.41) is 15.4. The van der Waals surface area contributed by atoms with Gasteiger partial charge in [0.05, 0.1) is 23.1 Å². The predicted octanol–water partition coefficient (Wildman–Crippen LogP) is 3.97. The minimum atomic E-state index is -0.532. The van der Waals surface area contributed by atoms with Gasteiger partial charge in [-0.2, -0.15) is 5.10 Å². The van der Waals surface area contributed by atoms with Crippen LogP contribution in [0.1, 0.15) is 11.3 Å². The third-order valence-electron chi connectivity index (χ3n) is 4.40. The Bertz CT molecular complexity index is 1170. The van der Waals surface area contributed by atoms with Gasteiger partial charge in [-0.1, -0.05) is 17.7 Å². The molecule has 0 atom stereocenters. The fourth-order valence-electron chi connectivity index (χ4n) is 3.02. The average molecular weight is 442 g/mol. The van der Waals surface area contributed by atoms with Crippen molar-refractivity contribution in [1.29, 1.82) is 0 Å². The number of nitro groups is 1. The zero-order valence-corrected chi connectivity index (χ0v) is 16.8. The second-order valence-electron chi connectivity index (χ2n) is 6.57. The van der Waals surface area contributed by atoms with E-state index < -0.39 is 4.92 Å². The number of hydrogen-bond donors (Lipinski definition) is 1. The second-order valence-corrected chi connectivity index (χ2v) is 7.00. The average Bonchev–Trinajstić information content (AvgIpc) is 3.22. The molecule has 0 bridgehead atoms. The Morgan fingerprint density at radius 3 is 2.74 bits per heavy atom. The number of amides is 1. The number of furan rings is 1. The summed E-state index contributed by atoms with van der Waals surface area (Å²) >= 11 is 5.84. The summed E-state index contributed by atoms with van der Waals surface area (Å²) in [6.45, 7) is 0.971. The van der Waals surface area contributed by atoms with E-state index >= 15 is 0 Å². The number of carbonyl (C=O) groups is 1. The minimum Gasteiger partial charge on any atom is -0.486 e. The van der Waals surface area contributed by atoms with Crippen LogP contribution in [-0.4, -0.2) is 30.3 Å². The van der Waals surface area contributed by atoms with E-state index in [1.807, 2.05) is 0 Å². The third kappa shape index (κ3) is 4.84. The highest BCUT2D eigenvalue weighted by Gasteiger charge is 2.18. The van der Waals surface area contributed by atoms with Crippen molar-refractivity contribution in [2.75, 3.05) is 13.2 Å². The minimum absolute atomic E-state index is 0.106. The lowest BCUT2D eigenvalue weighted by molar-refractivity contribution is -0.384. The molecule has 0 spiro atoms. The van der Waals surface area contributed by atoms with Crippen LogP contribution in [0.4, 0.5) is 5.69 Å². The number of hydrazone groups is 1. The topological polar surface area (TPSA) is 116 Å². The molecule has 0 saturated carbocycles. The molecular weight excluding hydrogens is 426 g/mol. The van der Waals surface area contributed by atoms with Gasteiger partial charge in [-0.25, -0.2) is 5.43 Å². The van der Waals surface area contributed by atoms with Crippen LogP contribution in [0.2, 0.25) is 5.02 Å². The molecule has 1 N–H and O–H groups in total. The molecule has 4 rings (SSSR count). The van der Waals surface area contributed by atoms with Crippen molar-refractivity contribution in [1.82, 2.24) is 5.43 Å². The second kappa shape index (κ2) is 8.88. The van der Waals surface area contributed by atoms with E-state index in [1.165, 1.54) is 24.4 Å². The lowest BCUT2D eigenvalue weighted by Gasteiger charge is -2.18. The molecule has 0 fully saturated rings. The first-order valence-corrected chi connectivity index (χ1v) is 9.62. The van der Waals surface area contributed by atoms with Crippen LogP contribution >= 0.6 is 11.6 Å². The first-order valence-electron chi connectivity index (χ1n) is 9.24. The number of rotatable bonds is 6. The molecule has 0 saturated heterocycles. The van der Waals surface area contributed by atoms with Gasteiger partial charge >= 0.3 is 0 Å². The van der Waals surface area contributed by atoms with Crippen molar-refractivity contribution in [3.8, 4) is 22.8 Å². The number of hydrogen-bond acceptors (Lipinski definition) is 7. The van der Waals surface area contributed by atoms with Crippen molar-refractivity contribution in [2.45, 2.75) is 6.42 Å². The first-order chi connectivity index (χ1) is 15.0. The molecule has 1 aliphatic heterocycles. The van der Waals surface area contributed by atoms with E-state index in [2.05, 4.69) is 10.5 Å². The van der Waals surface area contributed by atoms with Gasteiger partial charge in [-0.3, -0.25) is 14.9 Å². The summed E-state index contributed by atoms with van der Waals surface area (Å²) in [5.41, 5.74) is 3.30. The third-order valence-corrected chi connectivity index (χ3v) is 4.64. The van der Waals surface area contributed by atoms with Crippen molar-refractivity contribution >= 4 is 29.4 Å². The maximum Gasteiger partial charge on any atom is 0.281 e. The van der Waals surface area contributed by atoms with Crippen LogP contribution in [0, 0.1) is 10.1 Å². The molecule has 2 heterocycles. The number of benzene rings is 2. The van der Waals surface area contributed by atoms with Gasteiger partial charge in [0.25, 0.3) is 5.69 Å². The maximum absolute atomic E-state index is 12.1. The Morgan fingerprint density at radius 1 is 1.13 bits per heavy atom. The Balaban J connectivity index is 1.39. The number of nitrogens with zero attached hydrogens (tertiary/aromatic N) is 2. The molecule has 0 aliphatic carbocycles. The van der Waals surface area contributed by atoms with E-state index in [0.717, 1.165) is 5.56 Å². The monoisotopic (exact) mass is 441 g/mol. The molecule has 2 aromatic carbocycles. The lowest BCUT2D eigenvalue weighted by Crippen LogP contribution is -2.20. The fourth-order valence-corrected chi connectivity index (χ4v) is 3.19. The molecule has 3 aromatic rings. The zero-order valence-electron chi connectivity index (χ0n) is 16.0. The van der Waals surface area contributed by atoms with E-state index in [0.29, 0.717) is 30.5 Å². The van der Waals surface area contributed by atoms with Crippen LogP contribution in [-0.2, 0) is 11.2 Å². The number of nitrogens with one attached hydrogen (secondary N) is 1. The highest BCUT2D eigenvalue weighted by Crippen LogP contribution is 2.33. The molecule has 0 unspecified atom stereocenters. The van der Waals surface area contributed by atoms with Gasteiger partial charge < -0.3 is 13.9 Å². The predicted molar refractivity (Wildman–Crippen MR) is 113 cm³/mol. The molecule has 31 heavy (non-hydrogen) atoms. The normalized spacial score (nSPS) is 12.7. The summed E-state index contributed by atoms with van der Waals surface area (Å²) in [6, 6.07) is 12.8. The van der Waals surface area contributed by atoms with Gasteiger partial charge in [0.2, 0.25) is 5.91 Å². The lowest BCUT2D eigenvalue weighted by atomic mass is 10.1. The van der Waals surface area contributed by atoms with Crippen molar-refractivity contribution in [3.63, 3.8) is 0 Å². The van der Waals surface area contributed by atoms with Crippen molar-refractivity contribution < 1.29 is 23.6 Å². The van der Waals surface area contributed by atoms with Gasteiger partial charge in [0.1, 0.15) is 24.7 Å². The van der Waals surface area contributed by atoms with Crippen molar-refractivity contribution in [2.24, 2.45) is 5.10 Å². The Hall–Kier alpha value is -3.85. The van der Waals surface area contributed by atoms with Gasteiger partial charge in [0, 0.05) is 11.1 Å². The summed E-state index contributed by atoms with van der Waals surface area (Å²) < 4.78 is 16.5. The Kier molecular flexibility index (Phi) is 5.85. The number of nitro benzene ring substituents is 1. The summed E-state index contributed by atoms with van der Waals surface area (Å²) in [4.78, 5) is 22.8. The number of carbonyl (C=O) groups excluding carboxylic acids is 1. The van der Waals surface area contributed by atoms with Crippen LogP contribution in [0.15, 0.2) is 58.0 Å². The van der Waals surface area contributed by atoms with E-state index in [1.54, 1.807) is 30.3 Å². The van der Waals surface area contributed by atoms with E-state index in [9.17, 15) is 14.9 Å². The highest BCUT2D eigenvalue weighted by atomic mass is 35.5. The smallest absolute Gasteiger partial charge is 0.281 e. The SMILES string of the molecule is O=C(Cc1ccc2c(c1)OCCO2)N/N=C\c1ccc(-c2ccc(Cl)cc2[N+](=O)[O-])o1. The zero-order chi connectivity index (χ0) is 21.8. The maximum atomic E-state index is 12.1. The first kappa shape index (κ1) is 20.4. The van der Waals surface area contributed by atoms with Gasteiger partial charge in [-0.05, 0) is 42.0 Å². The molecule has 10 heteroatoms. The Morgan fingerprint density at radius 2 is 1.94 bits per heavy atom. The molecular formula is C21H16ClN3O6. The van der Waals surface area contributed by atoms with Gasteiger partial charge in [-0.15, -0.1) is 0 Å². The fraction of sp³-hybridized carbons (Fsp3) is 0.143. The van der Waals surface area contributed by atoms with E-state index in [4.69, 9.17) is 25.5 Å². The molecule has 0 radical (unpaired) electrons. The molecule has 9 nitrogen and oxygen atoms in total. The quantitative estimate of drug-likeness (QED) is 0.351. The number of halogens is 1. The molecule has 158 valence electrons. The summed E-state index contributed by atoms with van der Waals surface area (Å²) in [7, 11) is 0. The standard InChI is InChI=1S/C21H16ClN3O6/c22-14-2-4-16(17(11-14)25(27)28)18-6-3-15(31-18)12-23-24-21(26)10-13-1-5-19-20(9-13)30-8-7-29-19/h1-6,9,11-12H,7-8,10H2,(H,24,26)/b23-12-. The molecule has 1 aromatic heterocycles. The number of fused-ring (bicyclic) bond motifs is 1. The van der Waals surface area contributed by atoms with Crippen LogP contribution in [0.25, 0.3) is 11.3 Å². The largest absolute Gasteiger partial charge is 0.486 e.